The topological polar surface area (TPSA) is 125 Å². The van der Waals surface area contributed by atoms with Crippen LogP contribution in [-0.2, 0) is 0 Å². The van der Waals surface area contributed by atoms with Crippen molar-refractivity contribution in [3.63, 3.8) is 0 Å². The Morgan fingerprint density at radius 3 is 1.93 bits per heavy atom. The third kappa shape index (κ3) is 8.58. The van der Waals surface area contributed by atoms with Gasteiger partial charge in [-0.15, -0.1) is 22.7 Å². The highest BCUT2D eigenvalue weighted by Crippen LogP contribution is 2.31. The lowest BCUT2D eigenvalue weighted by molar-refractivity contribution is 0.621. The summed E-state index contributed by atoms with van der Waals surface area (Å²) in [5.41, 5.74) is 2.81. The molecule has 0 unspecified atom stereocenters. The molecule has 6 aromatic heterocycles. The molecule has 200 valence electrons. The van der Waals surface area contributed by atoms with Crippen LogP contribution in [0.25, 0.3) is 31.7 Å². The number of hydrogen-bond donors (Lipinski definition) is 0. The summed E-state index contributed by atoms with van der Waals surface area (Å²) in [5.74, 6) is -0.730. The quantitative estimate of drug-likeness (QED) is 0.183. The Morgan fingerprint density at radius 1 is 0.732 bits per heavy atom. The van der Waals surface area contributed by atoms with Gasteiger partial charge in [0.2, 0.25) is 0 Å². The van der Waals surface area contributed by atoms with Crippen molar-refractivity contribution in [1.82, 2.24) is 29.9 Å². The van der Waals surface area contributed by atoms with Gasteiger partial charge in [0.1, 0.15) is 49.8 Å². The minimum absolute atomic E-state index is 0.331. The fourth-order valence-corrected chi connectivity index (χ4v) is 4.88. The van der Waals surface area contributed by atoms with Crippen LogP contribution in [0.3, 0.4) is 0 Å². The normalized spacial score (nSPS) is 9.78. The van der Waals surface area contributed by atoms with Crippen LogP contribution in [0, 0.1) is 34.3 Å². The molecule has 0 saturated heterocycles. The van der Waals surface area contributed by atoms with Gasteiger partial charge in [-0.1, -0.05) is 12.1 Å². The molecule has 0 radical (unpaired) electrons. The van der Waals surface area contributed by atoms with Gasteiger partial charge in [0.15, 0.2) is 0 Å². The summed E-state index contributed by atoms with van der Waals surface area (Å²) in [6.45, 7) is 0. The molecule has 6 aromatic rings. The van der Waals surface area contributed by atoms with Gasteiger partial charge in [0.05, 0.1) is 23.0 Å². The smallest absolute Gasteiger partial charge is 0.142 e. The average Bonchev–Trinajstić information content (AvgIpc) is 3.72. The van der Waals surface area contributed by atoms with E-state index in [1.807, 2.05) is 23.6 Å². The minimum atomic E-state index is -0.399. The van der Waals surface area contributed by atoms with E-state index in [4.69, 9.17) is 10.5 Å². The lowest BCUT2D eigenvalue weighted by Crippen LogP contribution is -1.84. The maximum Gasteiger partial charge on any atom is 0.142 e. The Morgan fingerprint density at radius 2 is 1.37 bits per heavy atom. The SMILES string of the molecule is Fc1cncc(-c2nccs2)c1.N#Cc1cccc(-c2cnc(-c3cncc(F)c3)s2)n1.N#Cc1cccc(Br)n1. The van der Waals surface area contributed by atoms with Gasteiger partial charge < -0.3 is 0 Å². The Kier molecular flexibility index (Phi) is 10.3. The third-order valence-corrected chi connectivity index (χ3v) is 7.12. The maximum absolute atomic E-state index is 13.1. The fraction of sp³-hybridized carbons (Fsp3) is 0. The fourth-order valence-electron chi connectivity index (χ4n) is 3.05. The molecule has 0 aliphatic heterocycles. The lowest BCUT2D eigenvalue weighted by Gasteiger charge is -1.96. The number of nitriles is 2. The van der Waals surface area contributed by atoms with E-state index in [0.29, 0.717) is 32.3 Å². The first-order valence-electron chi connectivity index (χ1n) is 11.4. The second-order valence-corrected chi connectivity index (χ2v) is 10.4. The van der Waals surface area contributed by atoms with E-state index < -0.39 is 5.82 Å². The molecule has 0 bridgehead atoms. The summed E-state index contributed by atoms with van der Waals surface area (Å²) in [6, 6.07) is 17.2. The monoisotopic (exact) mass is 644 g/mol. The van der Waals surface area contributed by atoms with Crippen LogP contribution >= 0.6 is 38.6 Å². The number of rotatable bonds is 3. The average molecular weight is 646 g/mol. The van der Waals surface area contributed by atoms with Crippen molar-refractivity contribution in [2.24, 2.45) is 0 Å². The van der Waals surface area contributed by atoms with Crippen molar-refractivity contribution in [2.75, 3.05) is 0 Å². The summed E-state index contributed by atoms with van der Waals surface area (Å²) in [6.07, 6.45) is 8.83. The predicted molar refractivity (Wildman–Crippen MR) is 155 cm³/mol. The molecule has 0 aromatic carbocycles. The molecule has 0 saturated carbocycles. The molecule has 0 fully saturated rings. The van der Waals surface area contributed by atoms with Crippen LogP contribution in [-0.4, -0.2) is 29.9 Å². The second-order valence-electron chi connectivity index (χ2n) is 7.63. The number of aromatic nitrogens is 6. The molecule has 0 atom stereocenters. The standard InChI is InChI=1S/C14H7FN4S.C8H5FN2S.C6H3BrN2/c15-10-4-9(6-17-7-10)14-18-8-13(20-14)12-3-1-2-11(5-16)19-12;9-7-3-6(4-10-5-7)8-11-1-2-12-8;7-6-3-1-2-5(4-8)9-6/h1-4,6-8H;1-5H;1-3H. The largest absolute Gasteiger partial charge is 0.261 e. The van der Waals surface area contributed by atoms with Crippen LogP contribution in [0.2, 0.25) is 0 Å². The predicted octanol–water partition coefficient (Wildman–Crippen LogP) is 7.34. The highest BCUT2D eigenvalue weighted by atomic mass is 79.9. The van der Waals surface area contributed by atoms with Gasteiger partial charge in [0, 0.05) is 41.3 Å². The molecule has 0 spiro atoms. The van der Waals surface area contributed by atoms with E-state index in [9.17, 15) is 8.78 Å². The van der Waals surface area contributed by atoms with Crippen LogP contribution < -0.4 is 0 Å². The molecular formula is C28H15BrF2N8S2. The molecule has 0 amide bonds. The van der Waals surface area contributed by atoms with E-state index in [0.717, 1.165) is 21.6 Å². The molecule has 0 aliphatic carbocycles. The number of hydrogen-bond acceptors (Lipinski definition) is 10. The van der Waals surface area contributed by atoms with Crippen molar-refractivity contribution in [2.45, 2.75) is 0 Å². The summed E-state index contributed by atoms with van der Waals surface area (Å²) in [5, 5.41) is 20.5. The lowest BCUT2D eigenvalue weighted by atomic mass is 10.3. The summed E-state index contributed by atoms with van der Waals surface area (Å²) in [7, 11) is 0. The van der Waals surface area contributed by atoms with E-state index in [2.05, 4.69) is 45.8 Å². The van der Waals surface area contributed by atoms with Crippen molar-refractivity contribution < 1.29 is 8.78 Å². The summed E-state index contributed by atoms with van der Waals surface area (Å²) < 4.78 is 26.5. The van der Waals surface area contributed by atoms with Crippen LogP contribution in [0.5, 0.6) is 0 Å². The highest BCUT2D eigenvalue weighted by Gasteiger charge is 2.09. The first-order chi connectivity index (χ1) is 19.9. The Balaban J connectivity index is 0.000000156. The number of nitrogens with zero attached hydrogens (tertiary/aromatic N) is 8. The van der Waals surface area contributed by atoms with Crippen molar-refractivity contribution in [3.05, 3.63) is 119 Å². The number of thiazole rings is 2. The molecule has 8 nitrogen and oxygen atoms in total. The van der Waals surface area contributed by atoms with Gasteiger partial charge in [-0.2, -0.15) is 10.5 Å². The molecule has 6 heterocycles. The molecular weight excluding hydrogens is 630 g/mol. The molecule has 0 aliphatic rings. The molecule has 0 N–H and O–H groups in total. The maximum atomic E-state index is 13.1. The van der Waals surface area contributed by atoms with Gasteiger partial charge in [-0.3, -0.25) is 9.97 Å². The second kappa shape index (κ2) is 14.5. The molecule has 41 heavy (non-hydrogen) atoms. The number of pyridine rings is 4. The van der Waals surface area contributed by atoms with Gasteiger partial charge in [0.25, 0.3) is 0 Å². The van der Waals surface area contributed by atoms with Crippen molar-refractivity contribution in [1.29, 1.82) is 10.5 Å². The van der Waals surface area contributed by atoms with E-state index in [1.54, 1.807) is 55.1 Å². The molecule has 13 heteroatoms. The summed E-state index contributed by atoms with van der Waals surface area (Å²) >= 11 is 5.98. The van der Waals surface area contributed by atoms with E-state index in [-0.39, 0.29) is 5.82 Å². The van der Waals surface area contributed by atoms with E-state index in [1.165, 1.54) is 41.0 Å². The first-order valence-corrected chi connectivity index (χ1v) is 13.9. The first kappa shape index (κ1) is 29.2. The zero-order valence-corrected chi connectivity index (χ0v) is 23.9. The Bertz CT molecular complexity index is 1830. The molecule has 6 rings (SSSR count). The summed E-state index contributed by atoms with van der Waals surface area (Å²) in [4.78, 5) is 24.7. The zero-order chi connectivity index (χ0) is 29.0. The Hall–Kier alpha value is -4.82. The zero-order valence-electron chi connectivity index (χ0n) is 20.7. The van der Waals surface area contributed by atoms with Crippen LogP contribution in [0.15, 0.2) is 95.7 Å². The van der Waals surface area contributed by atoms with Crippen LogP contribution in [0.1, 0.15) is 11.4 Å². The van der Waals surface area contributed by atoms with Crippen molar-refractivity contribution in [3.8, 4) is 43.9 Å². The third-order valence-electron chi connectivity index (χ3n) is 4.79. The van der Waals surface area contributed by atoms with Crippen molar-refractivity contribution >= 4 is 38.6 Å². The van der Waals surface area contributed by atoms with E-state index >= 15 is 0 Å². The Labute approximate surface area is 249 Å². The van der Waals surface area contributed by atoms with Crippen LogP contribution in [0.4, 0.5) is 8.78 Å². The highest BCUT2D eigenvalue weighted by molar-refractivity contribution is 9.10. The number of halogens is 3. The van der Waals surface area contributed by atoms with Gasteiger partial charge in [-0.25, -0.2) is 28.7 Å². The van der Waals surface area contributed by atoms with Gasteiger partial charge in [-0.05, 0) is 52.3 Å². The minimum Gasteiger partial charge on any atom is -0.261 e. The van der Waals surface area contributed by atoms with Gasteiger partial charge >= 0.3 is 0 Å².